The summed E-state index contributed by atoms with van der Waals surface area (Å²) in [5.74, 6) is -0.0342. The van der Waals surface area contributed by atoms with Gasteiger partial charge in [-0.3, -0.25) is 9.59 Å². The Kier molecular flexibility index (Phi) is 70.8. The van der Waals surface area contributed by atoms with Crippen LogP contribution in [0.2, 0.25) is 0 Å². The van der Waals surface area contributed by atoms with Gasteiger partial charge in [-0.25, -0.2) is 0 Å². The highest BCUT2D eigenvalue weighted by molar-refractivity contribution is 5.76. The molecule has 6 heteroatoms. The lowest BCUT2D eigenvalue weighted by atomic mass is 10.0. The predicted molar refractivity (Wildman–Crippen MR) is 361 cm³/mol. The Labute approximate surface area is 514 Å². The molecule has 6 nitrogen and oxygen atoms in total. The van der Waals surface area contributed by atoms with Crippen LogP contribution in [-0.4, -0.2) is 47.4 Å². The summed E-state index contributed by atoms with van der Waals surface area (Å²) in [6.45, 7) is 4.96. The molecule has 488 valence electrons. The molecular formula is C76H149NO5. The number of amides is 1. The minimum atomic E-state index is -0.841. The van der Waals surface area contributed by atoms with Gasteiger partial charge in [-0.2, -0.15) is 0 Å². The van der Waals surface area contributed by atoms with E-state index in [4.69, 9.17) is 4.74 Å². The van der Waals surface area contributed by atoms with Crippen LogP contribution >= 0.6 is 0 Å². The van der Waals surface area contributed by atoms with E-state index in [1.54, 1.807) is 6.08 Å². The molecule has 0 bridgehead atoms. The summed E-state index contributed by atoms with van der Waals surface area (Å²) in [4.78, 5) is 24.6. The van der Waals surface area contributed by atoms with Crippen LogP contribution in [0.25, 0.3) is 0 Å². The Hall–Kier alpha value is -1.40. The highest BCUT2D eigenvalue weighted by Crippen LogP contribution is 2.20. The van der Waals surface area contributed by atoms with Crippen molar-refractivity contribution >= 4 is 11.9 Å². The Morgan fingerprint density at radius 2 is 0.561 bits per heavy atom. The van der Waals surface area contributed by atoms with Gasteiger partial charge in [0.2, 0.25) is 5.91 Å². The van der Waals surface area contributed by atoms with Gasteiger partial charge in [0, 0.05) is 12.8 Å². The monoisotopic (exact) mass is 1160 g/mol. The summed E-state index contributed by atoms with van der Waals surface area (Å²) in [6.07, 6.45) is 90.4. The normalized spacial score (nSPS) is 12.5. The summed E-state index contributed by atoms with van der Waals surface area (Å²) >= 11 is 0. The molecule has 0 rings (SSSR count). The van der Waals surface area contributed by atoms with Gasteiger partial charge in [0.25, 0.3) is 0 Å². The molecule has 0 radical (unpaired) electrons. The lowest BCUT2D eigenvalue weighted by Gasteiger charge is -2.20. The van der Waals surface area contributed by atoms with Crippen molar-refractivity contribution in [2.24, 2.45) is 0 Å². The predicted octanol–water partition coefficient (Wildman–Crippen LogP) is 24.7. The molecule has 2 unspecified atom stereocenters. The molecule has 0 aliphatic rings. The number of carbonyl (C=O) groups is 2. The fourth-order valence-electron chi connectivity index (χ4n) is 12.3. The average Bonchev–Trinajstić information content (AvgIpc) is 3.48. The van der Waals surface area contributed by atoms with Crippen molar-refractivity contribution in [1.29, 1.82) is 0 Å². The second-order valence-electron chi connectivity index (χ2n) is 26.4. The number of hydrogen-bond donors (Lipinski definition) is 3. The number of carbonyl (C=O) groups excluding carboxylic acids is 2. The third-order valence-electron chi connectivity index (χ3n) is 18.1. The number of aliphatic hydroxyl groups is 2. The van der Waals surface area contributed by atoms with Gasteiger partial charge in [0.15, 0.2) is 0 Å². The molecule has 0 aromatic rings. The molecule has 0 aromatic heterocycles. The molecule has 0 aliphatic heterocycles. The van der Waals surface area contributed by atoms with Crippen LogP contribution in [0.1, 0.15) is 438 Å². The van der Waals surface area contributed by atoms with Crippen molar-refractivity contribution < 1.29 is 24.5 Å². The molecule has 1 amide bonds. The van der Waals surface area contributed by atoms with Crippen LogP contribution in [0, 0.1) is 0 Å². The summed E-state index contributed by atoms with van der Waals surface area (Å²) in [5, 5.41) is 23.2. The summed E-state index contributed by atoms with van der Waals surface area (Å²) in [6, 6.07) is -0.624. The van der Waals surface area contributed by atoms with Crippen LogP contribution < -0.4 is 5.32 Å². The maximum Gasteiger partial charge on any atom is 0.305 e. The number of allylic oxidation sites excluding steroid dienone is 1. The highest BCUT2D eigenvalue weighted by atomic mass is 16.5. The third kappa shape index (κ3) is 67.7. The standard InChI is InChI=1S/C76H149NO5/c1-3-5-7-9-11-13-15-17-19-21-38-42-46-50-54-58-62-66-70-76(81)82-71-67-63-59-55-51-47-43-39-36-34-32-30-28-26-24-22-23-25-27-29-31-33-35-37-41-45-49-53-57-61-65-69-75(80)77-73(72-78)74(79)68-64-60-56-52-48-44-40-20-18-16-14-12-10-8-6-4-2/h64,68,73-74,78-79H,3-63,65-67,69-72H2,1-2H3,(H,77,80)/b68-64+. The molecule has 0 fully saturated rings. The molecule has 2 atom stereocenters. The first-order valence-electron chi connectivity index (χ1n) is 38.0. The summed E-state index contributed by atoms with van der Waals surface area (Å²) in [7, 11) is 0. The number of rotatable bonds is 72. The molecule has 0 aromatic carbocycles. The molecule has 0 spiro atoms. The Morgan fingerprint density at radius 3 is 0.829 bits per heavy atom. The van der Waals surface area contributed by atoms with Crippen LogP contribution in [0.15, 0.2) is 12.2 Å². The molecular weight excluding hydrogens is 1010 g/mol. The quantitative estimate of drug-likeness (QED) is 0.0320. The van der Waals surface area contributed by atoms with Crippen LogP contribution in [0.4, 0.5) is 0 Å². The number of unbranched alkanes of at least 4 members (excludes halogenated alkanes) is 61. The molecule has 3 N–H and O–H groups in total. The number of nitrogens with one attached hydrogen (secondary N) is 1. The van der Waals surface area contributed by atoms with E-state index in [-0.39, 0.29) is 18.5 Å². The molecule has 82 heavy (non-hydrogen) atoms. The molecule has 0 saturated heterocycles. The van der Waals surface area contributed by atoms with Crippen LogP contribution in [0.3, 0.4) is 0 Å². The van der Waals surface area contributed by atoms with E-state index < -0.39 is 12.1 Å². The maximum absolute atomic E-state index is 12.5. The molecule has 0 saturated carbocycles. The zero-order valence-corrected chi connectivity index (χ0v) is 56.0. The second kappa shape index (κ2) is 72.1. The summed E-state index contributed by atoms with van der Waals surface area (Å²) in [5.41, 5.74) is 0. The lowest BCUT2D eigenvalue weighted by Crippen LogP contribution is -2.45. The first-order valence-corrected chi connectivity index (χ1v) is 38.0. The van der Waals surface area contributed by atoms with Crippen LogP contribution in [-0.2, 0) is 14.3 Å². The van der Waals surface area contributed by atoms with E-state index in [2.05, 4.69) is 19.2 Å². The fourth-order valence-corrected chi connectivity index (χ4v) is 12.3. The fraction of sp³-hybridized carbons (Fsp3) is 0.947. The van der Waals surface area contributed by atoms with E-state index in [0.29, 0.717) is 19.4 Å². The van der Waals surface area contributed by atoms with E-state index in [1.165, 1.54) is 372 Å². The van der Waals surface area contributed by atoms with Gasteiger partial charge in [0.05, 0.1) is 25.4 Å². The Bertz CT molecular complexity index is 1240. The molecule has 0 aliphatic carbocycles. The van der Waals surface area contributed by atoms with Gasteiger partial charge in [0.1, 0.15) is 0 Å². The topological polar surface area (TPSA) is 95.9 Å². The summed E-state index contributed by atoms with van der Waals surface area (Å²) < 4.78 is 5.52. The van der Waals surface area contributed by atoms with E-state index in [0.717, 1.165) is 38.5 Å². The average molecular weight is 1160 g/mol. The third-order valence-corrected chi connectivity index (χ3v) is 18.1. The number of aliphatic hydroxyl groups excluding tert-OH is 2. The SMILES string of the molecule is CCCCCCCCCCCCCCCC/C=C/C(O)C(CO)NC(=O)CCCCCCCCCCCCCCCCCCCCCCCCCCCCCCCCCOC(=O)CCCCCCCCCCCCCCCCCCCC. The van der Waals surface area contributed by atoms with Crippen LogP contribution in [0.5, 0.6) is 0 Å². The number of hydrogen-bond acceptors (Lipinski definition) is 5. The Balaban J connectivity index is 3.32. The van der Waals surface area contributed by atoms with Gasteiger partial charge in [-0.05, 0) is 32.1 Å². The van der Waals surface area contributed by atoms with Crippen molar-refractivity contribution in [2.75, 3.05) is 13.2 Å². The second-order valence-corrected chi connectivity index (χ2v) is 26.4. The minimum absolute atomic E-state index is 0.0259. The molecule has 0 heterocycles. The lowest BCUT2D eigenvalue weighted by molar-refractivity contribution is -0.143. The van der Waals surface area contributed by atoms with Crippen molar-refractivity contribution in [3.63, 3.8) is 0 Å². The number of ether oxygens (including phenoxy) is 1. The van der Waals surface area contributed by atoms with Gasteiger partial charge in [-0.1, -0.05) is 405 Å². The van der Waals surface area contributed by atoms with Gasteiger partial charge >= 0.3 is 5.97 Å². The van der Waals surface area contributed by atoms with E-state index in [1.807, 2.05) is 6.08 Å². The minimum Gasteiger partial charge on any atom is -0.466 e. The zero-order valence-electron chi connectivity index (χ0n) is 56.0. The largest absolute Gasteiger partial charge is 0.466 e. The van der Waals surface area contributed by atoms with Crippen molar-refractivity contribution in [3.05, 3.63) is 12.2 Å². The van der Waals surface area contributed by atoms with E-state index in [9.17, 15) is 19.8 Å². The van der Waals surface area contributed by atoms with Crippen molar-refractivity contribution in [1.82, 2.24) is 5.32 Å². The first-order chi connectivity index (χ1) is 40.5. The maximum atomic E-state index is 12.5. The van der Waals surface area contributed by atoms with Gasteiger partial charge < -0.3 is 20.3 Å². The highest BCUT2D eigenvalue weighted by Gasteiger charge is 2.18. The van der Waals surface area contributed by atoms with Gasteiger partial charge in [-0.15, -0.1) is 0 Å². The van der Waals surface area contributed by atoms with Crippen molar-refractivity contribution in [3.8, 4) is 0 Å². The first kappa shape index (κ1) is 80.6. The van der Waals surface area contributed by atoms with E-state index >= 15 is 0 Å². The Morgan fingerprint density at radius 1 is 0.329 bits per heavy atom. The number of esters is 1. The van der Waals surface area contributed by atoms with Crippen molar-refractivity contribution in [2.45, 2.75) is 450 Å². The zero-order chi connectivity index (χ0) is 59.2. The smallest absolute Gasteiger partial charge is 0.305 e.